The molecule has 0 bridgehead atoms. The van der Waals surface area contributed by atoms with E-state index in [0.717, 1.165) is 0 Å². The number of fused-ring (bicyclic) bond motifs is 2. The van der Waals surface area contributed by atoms with E-state index in [-0.39, 0.29) is 53.6 Å². The van der Waals surface area contributed by atoms with E-state index in [0.29, 0.717) is 19.4 Å². The van der Waals surface area contributed by atoms with Gasteiger partial charge in [0.05, 0.1) is 23.4 Å². The van der Waals surface area contributed by atoms with Crippen molar-refractivity contribution in [1.82, 2.24) is 0 Å². The van der Waals surface area contributed by atoms with Gasteiger partial charge in [0.25, 0.3) is 0 Å². The molecule has 0 aromatic carbocycles. The molecule has 3 fully saturated rings. The van der Waals surface area contributed by atoms with Crippen molar-refractivity contribution in [3.63, 3.8) is 0 Å². The van der Waals surface area contributed by atoms with E-state index in [1.165, 1.54) is 0 Å². The van der Waals surface area contributed by atoms with Crippen molar-refractivity contribution in [2.24, 2.45) is 35.0 Å². The van der Waals surface area contributed by atoms with Crippen LogP contribution in [-0.4, -0.2) is 42.6 Å². The van der Waals surface area contributed by atoms with Gasteiger partial charge < -0.3 is 14.2 Å². The third kappa shape index (κ3) is 3.10. The Hall–Kier alpha value is -1.43. The zero-order valence-electron chi connectivity index (χ0n) is 17.2. The molecule has 0 radical (unpaired) electrons. The summed E-state index contributed by atoms with van der Waals surface area (Å²) >= 11 is 0. The largest absolute Gasteiger partial charge is 0.462 e. The van der Waals surface area contributed by atoms with Crippen LogP contribution in [0, 0.1) is 35.0 Å². The molecule has 0 spiro atoms. The first-order chi connectivity index (χ1) is 12.6. The van der Waals surface area contributed by atoms with Gasteiger partial charge in [-0.1, -0.05) is 27.7 Å². The molecule has 152 valence electrons. The summed E-state index contributed by atoms with van der Waals surface area (Å²) in [6, 6.07) is 0. The first-order valence-electron chi connectivity index (χ1n) is 10.2. The van der Waals surface area contributed by atoms with Crippen LogP contribution in [0.3, 0.4) is 0 Å². The van der Waals surface area contributed by atoms with Crippen LogP contribution in [0.5, 0.6) is 0 Å². The first kappa shape index (κ1) is 20.3. The van der Waals surface area contributed by atoms with Gasteiger partial charge in [-0.05, 0) is 26.2 Å². The SMILES string of the molecule is CCO[C@H]1CC(=O)[C@]2(C)[C@@H]1[C@H](C)C[C@H]1OC(=O)[C@@H](C)[C@H]1[C@@H]2OC(=O)C(C)C. The third-order valence-corrected chi connectivity index (χ3v) is 6.98. The molecule has 0 unspecified atom stereocenters. The summed E-state index contributed by atoms with van der Waals surface area (Å²) in [7, 11) is 0. The van der Waals surface area contributed by atoms with E-state index in [9.17, 15) is 14.4 Å². The highest BCUT2D eigenvalue weighted by Crippen LogP contribution is 2.57. The molecule has 3 aliphatic rings. The number of hydrogen-bond donors (Lipinski definition) is 0. The van der Waals surface area contributed by atoms with Gasteiger partial charge in [0, 0.05) is 24.9 Å². The molecule has 0 aromatic heterocycles. The van der Waals surface area contributed by atoms with Crippen molar-refractivity contribution >= 4 is 17.7 Å². The molecule has 1 heterocycles. The van der Waals surface area contributed by atoms with Gasteiger partial charge in [-0.15, -0.1) is 0 Å². The fourth-order valence-corrected chi connectivity index (χ4v) is 5.64. The van der Waals surface area contributed by atoms with Crippen LogP contribution < -0.4 is 0 Å². The number of carbonyl (C=O) groups is 3. The van der Waals surface area contributed by atoms with Crippen molar-refractivity contribution in [2.45, 2.75) is 72.7 Å². The quantitative estimate of drug-likeness (QED) is 0.698. The van der Waals surface area contributed by atoms with Gasteiger partial charge in [0.1, 0.15) is 18.0 Å². The molecule has 6 heteroatoms. The minimum absolute atomic E-state index is 0.0616. The highest BCUT2D eigenvalue weighted by Gasteiger charge is 2.66. The maximum absolute atomic E-state index is 13.3. The maximum Gasteiger partial charge on any atom is 0.309 e. The first-order valence-corrected chi connectivity index (χ1v) is 10.2. The zero-order chi connectivity index (χ0) is 20.1. The van der Waals surface area contributed by atoms with Gasteiger partial charge in [-0.3, -0.25) is 14.4 Å². The number of ketones is 1. The fourth-order valence-electron chi connectivity index (χ4n) is 5.64. The lowest BCUT2D eigenvalue weighted by Crippen LogP contribution is -2.51. The third-order valence-electron chi connectivity index (χ3n) is 6.98. The molecular formula is C21H32O6. The molecule has 6 nitrogen and oxygen atoms in total. The topological polar surface area (TPSA) is 78.9 Å². The number of rotatable bonds is 4. The number of carbonyl (C=O) groups excluding carboxylic acids is 3. The predicted molar refractivity (Wildman–Crippen MR) is 97.7 cm³/mol. The summed E-state index contributed by atoms with van der Waals surface area (Å²) in [5.41, 5.74) is -0.870. The van der Waals surface area contributed by atoms with Crippen molar-refractivity contribution in [3.05, 3.63) is 0 Å². The molecule has 2 aliphatic carbocycles. The van der Waals surface area contributed by atoms with Crippen molar-refractivity contribution < 1.29 is 28.6 Å². The van der Waals surface area contributed by atoms with E-state index in [1.54, 1.807) is 13.8 Å². The molecule has 0 aromatic rings. The molecule has 27 heavy (non-hydrogen) atoms. The number of Topliss-reactive ketones (excluding diaryl/α,β-unsaturated/α-hetero) is 1. The summed E-state index contributed by atoms with van der Waals surface area (Å²) in [5, 5.41) is 0. The van der Waals surface area contributed by atoms with Crippen LogP contribution in [0.15, 0.2) is 0 Å². The van der Waals surface area contributed by atoms with Gasteiger partial charge in [-0.25, -0.2) is 0 Å². The van der Waals surface area contributed by atoms with Crippen LogP contribution in [0.1, 0.15) is 54.4 Å². The Balaban J connectivity index is 2.09. The van der Waals surface area contributed by atoms with E-state index in [2.05, 4.69) is 6.92 Å². The summed E-state index contributed by atoms with van der Waals surface area (Å²) in [5.74, 6) is -1.50. The highest BCUT2D eigenvalue weighted by atomic mass is 16.6. The molecule has 2 saturated carbocycles. The summed E-state index contributed by atoms with van der Waals surface area (Å²) in [6.07, 6.45) is -0.201. The molecule has 8 atom stereocenters. The van der Waals surface area contributed by atoms with Gasteiger partial charge in [0.2, 0.25) is 0 Å². The van der Waals surface area contributed by atoms with Crippen molar-refractivity contribution in [1.29, 1.82) is 0 Å². The smallest absolute Gasteiger partial charge is 0.309 e. The Morgan fingerprint density at radius 1 is 1.30 bits per heavy atom. The Labute approximate surface area is 161 Å². The molecule has 1 saturated heterocycles. The normalized spacial score (nSPS) is 43.9. The number of esters is 2. The second kappa shape index (κ2) is 7.19. The van der Waals surface area contributed by atoms with Gasteiger partial charge in [0.15, 0.2) is 0 Å². The Morgan fingerprint density at radius 3 is 2.56 bits per heavy atom. The lowest BCUT2D eigenvalue weighted by molar-refractivity contribution is -0.172. The van der Waals surface area contributed by atoms with Crippen LogP contribution in [0.4, 0.5) is 0 Å². The minimum Gasteiger partial charge on any atom is -0.462 e. The molecule has 1 aliphatic heterocycles. The Morgan fingerprint density at radius 2 is 1.96 bits per heavy atom. The van der Waals surface area contributed by atoms with E-state index < -0.39 is 17.4 Å². The lowest BCUT2D eigenvalue weighted by Gasteiger charge is -2.41. The molecule has 3 rings (SSSR count). The average molecular weight is 380 g/mol. The monoisotopic (exact) mass is 380 g/mol. The van der Waals surface area contributed by atoms with E-state index in [4.69, 9.17) is 14.2 Å². The lowest BCUT2D eigenvalue weighted by atomic mass is 9.66. The standard InChI is InChI=1S/C21H32O6/c1-7-25-14-9-15(22)21(6)17(14)11(4)8-13-16(12(5)20(24)26-13)18(21)27-19(23)10(2)3/h10-14,16-18H,7-9H2,1-6H3/t11-,12+,13-,14+,16-,17-,18+,21-/m1/s1. The van der Waals surface area contributed by atoms with Crippen LogP contribution in [0.25, 0.3) is 0 Å². The van der Waals surface area contributed by atoms with E-state index in [1.807, 2.05) is 20.8 Å². The second-order valence-electron chi connectivity index (χ2n) is 9.00. The number of hydrogen-bond acceptors (Lipinski definition) is 6. The van der Waals surface area contributed by atoms with Crippen LogP contribution in [0.2, 0.25) is 0 Å². The molecule has 0 amide bonds. The average Bonchev–Trinajstić information content (AvgIpc) is 2.96. The minimum atomic E-state index is -0.870. The highest BCUT2D eigenvalue weighted by molar-refractivity contribution is 5.89. The second-order valence-corrected chi connectivity index (χ2v) is 9.00. The number of ether oxygens (including phenoxy) is 3. The van der Waals surface area contributed by atoms with Crippen LogP contribution >= 0.6 is 0 Å². The zero-order valence-corrected chi connectivity index (χ0v) is 17.2. The Bertz CT molecular complexity index is 628. The van der Waals surface area contributed by atoms with Crippen molar-refractivity contribution in [3.8, 4) is 0 Å². The van der Waals surface area contributed by atoms with Crippen molar-refractivity contribution in [2.75, 3.05) is 6.61 Å². The summed E-state index contributed by atoms with van der Waals surface area (Å²) < 4.78 is 17.6. The van der Waals surface area contributed by atoms with Crippen LogP contribution in [-0.2, 0) is 28.6 Å². The van der Waals surface area contributed by atoms with E-state index >= 15 is 0 Å². The van der Waals surface area contributed by atoms with Gasteiger partial charge in [-0.2, -0.15) is 0 Å². The fraction of sp³-hybridized carbons (Fsp3) is 0.857. The Kier molecular flexibility index (Phi) is 5.41. The maximum atomic E-state index is 13.3. The van der Waals surface area contributed by atoms with Gasteiger partial charge >= 0.3 is 11.9 Å². The predicted octanol–water partition coefficient (Wildman–Crippen LogP) is 2.77. The molecular weight excluding hydrogens is 348 g/mol. The molecule has 0 N–H and O–H groups in total. The summed E-state index contributed by atoms with van der Waals surface area (Å²) in [4.78, 5) is 38.1. The summed E-state index contributed by atoms with van der Waals surface area (Å²) in [6.45, 7) is 11.8.